The lowest BCUT2D eigenvalue weighted by atomic mass is 10.2. The highest BCUT2D eigenvalue weighted by Crippen LogP contribution is 2.33. The molecule has 1 rings (SSSR count). The van der Waals surface area contributed by atoms with E-state index in [9.17, 15) is 0 Å². The number of hydrogen-bond donors (Lipinski definition) is 0. The van der Waals surface area contributed by atoms with E-state index in [1.165, 1.54) is 42.1 Å². The van der Waals surface area contributed by atoms with Crippen molar-refractivity contribution in [2.75, 3.05) is 13.2 Å². The molecule has 2 nitrogen and oxygen atoms in total. The zero-order chi connectivity index (χ0) is 16.2. The van der Waals surface area contributed by atoms with Crippen molar-refractivity contribution in [3.05, 3.63) is 19.3 Å². The molecule has 0 heterocycles. The minimum absolute atomic E-state index is 0.798. The average Bonchev–Trinajstić information content (AvgIpc) is 2.50. The first kappa shape index (κ1) is 20.3. The summed E-state index contributed by atoms with van der Waals surface area (Å²) in [4.78, 5) is 0. The molecular weight excluding hydrogens is 502 g/mol. The molecular formula is C18H28I2O2. The van der Waals surface area contributed by atoms with Gasteiger partial charge in [0.05, 0.1) is 16.8 Å². The monoisotopic (exact) mass is 530 g/mol. The Bertz CT molecular complexity index is 387. The Balaban J connectivity index is 2.48. The molecule has 126 valence electrons. The summed E-state index contributed by atoms with van der Waals surface area (Å²) in [6.07, 6.45) is 9.85. The molecule has 1 aromatic carbocycles. The Hall–Kier alpha value is 0.280. The van der Waals surface area contributed by atoms with Crippen molar-refractivity contribution in [1.29, 1.82) is 0 Å². The van der Waals surface area contributed by atoms with Crippen LogP contribution >= 0.6 is 45.2 Å². The second kappa shape index (κ2) is 12.7. The van der Waals surface area contributed by atoms with E-state index in [1.54, 1.807) is 0 Å². The van der Waals surface area contributed by atoms with Crippen molar-refractivity contribution in [3.63, 3.8) is 0 Å². The Morgan fingerprint density at radius 3 is 1.59 bits per heavy atom. The van der Waals surface area contributed by atoms with E-state index >= 15 is 0 Å². The van der Waals surface area contributed by atoms with Crippen LogP contribution in [0.15, 0.2) is 12.1 Å². The number of rotatable bonds is 12. The van der Waals surface area contributed by atoms with E-state index in [-0.39, 0.29) is 0 Å². The maximum atomic E-state index is 5.96. The van der Waals surface area contributed by atoms with Gasteiger partial charge in [0.15, 0.2) is 0 Å². The van der Waals surface area contributed by atoms with Crippen LogP contribution in [0.5, 0.6) is 11.5 Å². The van der Waals surface area contributed by atoms with Crippen molar-refractivity contribution in [2.45, 2.75) is 65.2 Å². The third-order valence-corrected chi connectivity index (χ3v) is 5.17. The highest BCUT2D eigenvalue weighted by Gasteiger charge is 2.10. The predicted octanol–water partition coefficient (Wildman–Crippen LogP) is 6.81. The molecule has 4 heteroatoms. The molecule has 0 fully saturated rings. The van der Waals surface area contributed by atoms with Gasteiger partial charge in [-0.2, -0.15) is 0 Å². The maximum absolute atomic E-state index is 5.96. The van der Waals surface area contributed by atoms with Gasteiger partial charge < -0.3 is 9.47 Å². The van der Waals surface area contributed by atoms with Crippen molar-refractivity contribution in [2.24, 2.45) is 0 Å². The lowest BCUT2D eigenvalue weighted by molar-refractivity contribution is 0.286. The molecule has 1 aromatic rings. The highest BCUT2D eigenvalue weighted by molar-refractivity contribution is 14.1. The summed E-state index contributed by atoms with van der Waals surface area (Å²) < 4.78 is 14.2. The predicted molar refractivity (Wildman–Crippen MR) is 111 cm³/mol. The van der Waals surface area contributed by atoms with Crippen LogP contribution in [0.3, 0.4) is 0 Å². The molecule has 0 N–H and O–H groups in total. The van der Waals surface area contributed by atoms with Gasteiger partial charge in [0.2, 0.25) is 0 Å². The number of ether oxygens (including phenoxy) is 2. The summed E-state index contributed by atoms with van der Waals surface area (Å²) in [5, 5.41) is 0. The quantitative estimate of drug-likeness (QED) is 0.218. The fourth-order valence-corrected chi connectivity index (χ4v) is 3.36. The van der Waals surface area contributed by atoms with E-state index in [0.29, 0.717) is 0 Å². The number of unbranched alkanes of at least 4 members (excludes halogenated alkanes) is 6. The highest BCUT2D eigenvalue weighted by atomic mass is 127. The minimum atomic E-state index is 0.798. The third kappa shape index (κ3) is 8.22. The van der Waals surface area contributed by atoms with Crippen LogP contribution in [0.1, 0.15) is 65.2 Å². The lowest BCUT2D eigenvalue weighted by Gasteiger charge is -2.14. The molecule has 0 radical (unpaired) electrons. The summed E-state index contributed by atoms with van der Waals surface area (Å²) in [5.74, 6) is 1.93. The molecule has 0 spiro atoms. The standard InChI is InChI=1S/C18H28I2O2/c1-3-5-7-9-11-21-16-13-15(19)14-17(18(16)20)22-12-10-8-6-4-2/h13-14H,3-12H2,1-2H3. The first-order valence-electron chi connectivity index (χ1n) is 8.43. The van der Waals surface area contributed by atoms with Gasteiger partial charge in [-0.05, 0) is 70.2 Å². The number of halogens is 2. The molecule has 0 bridgehead atoms. The average molecular weight is 530 g/mol. The van der Waals surface area contributed by atoms with Crippen molar-refractivity contribution in [3.8, 4) is 11.5 Å². The van der Waals surface area contributed by atoms with Crippen LogP contribution in [0.2, 0.25) is 0 Å². The van der Waals surface area contributed by atoms with Crippen molar-refractivity contribution in [1.82, 2.24) is 0 Å². The van der Waals surface area contributed by atoms with Crippen LogP contribution in [0, 0.1) is 7.14 Å². The van der Waals surface area contributed by atoms with Gasteiger partial charge in [0.1, 0.15) is 11.5 Å². The summed E-state index contributed by atoms with van der Waals surface area (Å²) in [5.41, 5.74) is 0. The summed E-state index contributed by atoms with van der Waals surface area (Å²) >= 11 is 4.67. The van der Waals surface area contributed by atoms with Gasteiger partial charge in [-0.15, -0.1) is 0 Å². The van der Waals surface area contributed by atoms with Crippen molar-refractivity contribution < 1.29 is 9.47 Å². The molecule has 0 saturated carbocycles. The molecule has 0 saturated heterocycles. The smallest absolute Gasteiger partial charge is 0.137 e. The van der Waals surface area contributed by atoms with Gasteiger partial charge in [0.25, 0.3) is 0 Å². The largest absolute Gasteiger partial charge is 0.492 e. The minimum Gasteiger partial charge on any atom is -0.492 e. The number of benzene rings is 1. The molecule has 0 aliphatic heterocycles. The molecule has 0 aliphatic rings. The van der Waals surface area contributed by atoms with Crippen LogP contribution in [0.4, 0.5) is 0 Å². The van der Waals surface area contributed by atoms with Gasteiger partial charge in [-0.3, -0.25) is 0 Å². The Kier molecular flexibility index (Phi) is 11.7. The van der Waals surface area contributed by atoms with E-state index in [0.717, 1.165) is 41.1 Å². The summed E-state index contributed by atoms with van der Waals surface area (Å²) in [6, 6.07) is 4.21. The normalized spacial score (nSPS) is 10.7. The Morgan fingerprint density at radius 2 is 1.18 bits per heavy atom. The second-order valence-corrected chi connectivity index (χ2v) is 7.86. The summed E-state index contributed by atoms with van der Waals surface area (Å²) in [7, 11) is 0. The first-order chi connectivity index (χ1) is 10.7. The van der Waals surface area contributed by atoms with E-state index in [4.69, 9.17) is 9.47 Å². The molecule has 0 amide bonds. The second-order valence-electron chi connectivity index (χ2n) is 5.53. The maximum Gasteiger partial charge on any atom is 0.137 e. The van der Waals surface area contributed by atoms with Crippen molar-refractivity contribution >= 4 is 45.2 Å². The topological polar surface area (TPSA) is 18.5 Å². The Morgan fingerprint density at radius 1 is 0.727 bits per heavy atom. The van der Waals surface area contributed by atoms with E-state index < -0.39 is 0 Å². The van der Waals surface area contributed by atoms with Gasteiger partial charge in [-0.1, -0.05) is 52.4 Å². The molecule has 22 heavy (non-hydrogen) atoms. The fourth-order valence-electron chi connectivity index (χ4n) is 2.17. The zero-order valence-corrected chi connectivity index (χ0v) is 18.1. The number of hydrogen-bond acceptors (Lipinski definition) is 2. The molecule has 0 aromatic heterocycles. The van der Waals surface area contributed by atoms with Gasteiger partial charge in [0, 0.05) is 3.57 Å². The third-order valence-electron chi connectivity index (χ3n) is 3.48. The van der Waals surface area contributed by atoms with E-state index in [1.807, 2.05) is 0 Å². The van der Waals surface area contributed by atoms with Crippen LogP contribution < -0.4 is 9.47 Å². The zero-order valence-electron chi connectivity index (χ0n) is 13.8. The summed E-state index contributed by atoms with van der Waals surface area (Å²) in [6.45, 7) is 6.05. The first-order valence-corrected chi connectivity index (χ1v) is 10.6. The lowest BCUT2D eigenvalue weighted by Crippen LogP contribution is -2.03. The van der Waals surface area contributed by atoms with Crippen LogP contribution in [-0.4, -0.2) is 13.2 Å². The van der Waals surface area contributed by atoms with E-state index in [2.05, 4.69) is 71.2 Å². The molecule has 0 atom stereocenters. The van der Waals surface area contributed by atoms with Crippen LogP contribution in [-0.2, 0) is 0 Å². The van der Waals surface area contributed by atoms with Gasteiger partial charge >= 0.3 is 0 Å². The fraction of sp³-hybridized carbons (Fsp3) is 0.667. The van der Waals surface area contributed by atoms with Gasteiger partial charge in [-0.25, -0.2) is 0 Å². The Labute approximate surface area is 163 Å². The molecule has 0 aliphatic carbocycles. The molecule has 0 unspecified atom stereocenters. The van der Waals surface area contributed by atoms with Crippen LogP contribution in [0.25, 0.3) is 0 Å². The SMILES string of the molecule is CCCCCCOc1cc(I)cc(OCCCCCC)c1I.